The van der Waals surface area contributed by atoms with Gasteiger partial charge in [0.2, 0.25) is 0 Å². The van der Waals surface area contributed by atoms with Gasteiger partial charge in [-0.15, -0.1) is 23.2 Å². The van der Waals surface area contributed by atoms with Crippen molar-refractivity contribution in [3.63, 3.8) is 0 Å². The molecule has 0 aromatic heterocycles. The van der Waals surface area contributed by atoms with Gasteiger partial charge in [0.1, 0.15) is 6.10 Å². The SMILES string of the molecule is ClCCCOC1C=C(Cl)C=CC1(Cl)OCCCCl. The van der Waals surface area contributed by atoms with Crippen LogP contribution in [0, 0.1) is 0 Å². The lowest BCUT2D eigenvalue weighted by Crippen LogP contribution is -2.40. The van der Waals surface area contributed by atoms with E-state index in [1.54, 1.807) is 18.2 Å². The van der Waals surface area contributed by atoms with Crippen molar-refractivity contribution in [2.45, 2.75) is 24.0 Å². The Bertz CT molecular complexity index is 306. The van der Waals surface area contributed by atoms with Crippen LogP contribution in [-0.2, 0) is 9.47 Å². The van der Waals surface area contributed by atoms with Gasteiger partial charge in [0.25, 0.3) is 0 Å². The molecule has 0 saturated carbocycles. The third-order valence-electron chi connectivity index (χ3n) is 2.34. The number of hydrogen-bond acceptors (Lipinski definition) is 2. The summed E-state index contributed by atoms with van der Waals surface area (Å²) in [7, 11) is 0. The molecule has 2 atom stereocenters. The molecule has 2 unspecified atom stereocenters. The molecule has 0 amide bonds. The zero-order valence-corrected chi connectivity index (χ0v) is 12.9. The summed E-state index contributed by atoms with van der Waals surface area (Å²) in [5, 5.41) is -0.431. The smallest absolute Gasteiger partial charge is 0.190 e. The van der Waals surface area contributed by atoms with E-state index in [0.717, 1.165) is 12.8 Å². The standard InChI is InChI=1S/C12H16Cl4O2/c13-5-1-7-17-11-9-10(15)3-4-12(11,16)18-8-2-6-14/h3-4,9,11H,1-2,5-8H2. The van der Waals surface area contributed by atoms with Crippen LogP contribution in [0.5, 0.6) is 0 Å². The number of hydrogen-bond donors (Lipinski definition) is 0. The van der Waals surface area contributed by atoms with Crippen LogP contribution in [0.3, 0.4) is 0 Å². The van der Waals surface area contributed by atoms with Crippen LogP contribution in [0.2, 0.25) is 0 Å². The minimum absolute atomic E-state index is 0.421. The molecule has 0 fully saturated rings. The van der Waals surface area contributed by atoms with Crippen molar-refractivity contribution in [1.29, 1.82) is 0 Å². The highest BCUT2D eigenvalue weighted by molar-refractivity contribution is 6.32. The van der Waals surface area contributed by atoms with Crippen LogP contribution in [0.4, 0.5) is 0 Å². The highest BCUT2D eigenvalue weighted by Gasteiger charge is 2.37. The van der Waals surface area contributed by atoms with E-state index in [2.05, 4.69) is 0 Å². The van der Waals surface area contributed by atoms with E-state index in [-0.39, 0.29) is 0 Å². The Morgan fingerprint density at radius 1 is 1.17 bits per heavy atom. The molecule has 1 aliphatic carbocycles. The zero-order valence-electron chi connectivity index (χ0n) is 9.88. The fourth-order valence-electron chi connectivity index (χ4n) is 1.44. The second kappa shape index (κ2) is 8.68. The average molecular weight is 334 g/mol. The van der Waals surface area contributed by atoms with Crippen LogP contribution in [0.25, 0.3) is 0 Å². The van der Waals surface area contributed by atoms with Crippen LogP contribution < -0.4 is 0 Å². The largest absolute Gasteiger partial charge is 0.369 e. The van der Waals surface area contributed by atoms with Gasteiger partial charge in [-0.3, -0.25) is 0 Å². The summed E-state index contributed by atoms with van der Waals surface area (Å²) in [5.41, 5.74) is 0. The fraction of sp³-hybridized carbons (Fsp3) is 0.667. The third kappa shape index (κ3) is 5.28. The van der Waals surface area contributed by atoms with Gasteiger partial charge in [-0.05, 0) is 31.1 Å². The van der Waals surface area contributed by atoms with Gasteiger partial charge in [-0.1, -0.05) is 23.2 Å². The summed E-state index contributed by atoms with van der Waals surface area (Å²) in [6.07, 6.45) is 6.21. The maximum atomic E-state index is 6.41. The first-order chi connectivity index (χ1) is 8.62. The predicted molar refractivity (Wildman–Crippen MR) is 78.0 cm³/mol. The molecular formula is C12H16Cl4O2. The Morgan fingerprint density at radius 3 is 2.50 bits per heavy atom. The summed E-state index contributed by atoms with van der Waals surface area (Å²) < 4.78 is 11.3. The maximum absolute atomic E-state index is 6.41. The minimum Gasteiger partial charge on any atom is -0.369 e. The Morgan fingerprint density at radius 2 is 1.83 bits per heavy atom. The lowest BCUT2D eigenvalue weighted by Gasteiger charge is -2.33. The number of ether oxygens (including phenoxy) is 2. The Balaban J connectivity index is 2.58. The van der Waals surface area contributed by atoms with Gasteiger partial charge in [0, 0.05) is 23.4 Å². The molecule has 0 aromatic carbocycles. The fourth-order valence-corrected chi connectivity index (χ4v) is 2.10. The summed E-state index contributed by atoms with van der Waals surface area (Å²) in [4.78, 5) is 0. The summed E-state index contributed by atoms with van der Waals surface area (Å²) in [6, 6.07) is 0. The highest BCUT2D eigenvalue weighted by Crippen LogP contribution is 2.33. The van der Waals surface area contributed by atoms with E-state index in [4.69, 9.17) is 55.9 Å². The van der Waals surface area contributed by atoms with Crippen molar-refractivity contribution in [2.75, 3.05) is 25.0 Å². The molecule has 104 valence electrons. The molecule has 0 saturated heterocycles. The summed E-state index contributed by atoms with van der Waals surface area (Å²) >= 11 is 23.6. The number of halogens is 4. The summed E-state index contributed by atoms with van der Waals surface area (Å²) in [5.74, 6) is 1.08. The van der Waals surface area contributed by atoms with Crippen molar-refractivity contribution in [2.24, 2.45) is 0 Å². The molecule has 0 aliphatic heterocycles. The van der Waals surface area contributed by atoms with Gasteiger partial charge in [0.05, 0.1) is 6.61 Å². The summed E-state index contributed by atoms with van der Waals surface area (Å²) in [6.45, 7) is 0.980. The molecule has 6 heteroatoms. The van der Waals surface area contributed by atoms with Crippen molar-refractivity contribution < 1.29 is 9.47 Å². The molecule has 0 spiro atoms. The topological polar surface area (TPSA) is 18.5 Å². The van der Waals surface area contributed by atoms with E-state index in [1.807, 2.05) is 0 Å². The lowest BCUT2D eigenvalue weighted by molar-refractivity contribution is -0.0539. The predicted octanol–water partition coefficient (Wildman–Crippen LogP) is 4.27. The first-order valence-electron chi connectivity index (χ1n) is 5.75. The molecule has 2 nitrogen and oxygen atoms in total. The molecule has 0 N–H and O–H groups in total. The van der Waals surface area contributed by atoms with Crippen molar-refractivity contribution in [3.8, 4) is 0 Å². The van der Waals surface area contributed by atoms with Gasteiger partial charge in [-0.25, -0.2) is 0 Å². The van der Waals surface area contributed by atoms with E-state index in [1.165, 1.54) is 0 Å². The van der Waals surface area contributed by atoms with Crippen molar-refractivity contribution in [1.82, 2.24) is 0 Å². The van der Waals surface area contributed by atoms with Crippen LogP contribution >= 0.6 is 46.4 Å². The Labute approximate surface area is 128 Å². The molecule has 0 radical (unpaired) electrons. The van der Waals surface area contributed by atoms with E-state index in [0.29, 0.717) is 30.0 Å². The van der Waals surface area contributed by atoms with E-state index in [9.17, 15) is 0 Å². The maximum Gasteiger partial charge on any atom is 0.190 e. The first-order valence-corrected chi connectivity index (χ1v) is 7.58. The molecule has 1 aliphatic rings. The Kier molecular flexibility index (Phi) is 8.01. The molecule has 0 bridgehead atoms. The van der Waals surface area contributed by atoms with Gasteiger partial charge < -0.3 is 9.47 Å². The highest BCUT2D eigenvalue weighted by atomic mass is 35.5. The molecule has 1 rings (SSSR count). The quantitative estimate of drug-likeness (QED) is 0.487. The van der Waals surface area contributed by atoms with Crippen LogP contribution in [0.15, 0.2) is 23.3 Å². The molecular weight excluding hydrogens is 318 g/mol. The minimum atomic E-state index is -1.02. The Hall–Kier alpha value is 0.560. The van der Waals surface area contributed by atoms with Crippen LogP contribution in [0.1, 0.15) is 12.8 Å². The van der Waals surface area contributed by atoms with Crippen LogP contribution in [-0.4, -0.2) is 36.1 Å². The van der Waals surface area contributed by atoms with Gasteiger partial charge in [0.15, 0.2) is 5.06 Å². The van der Waals surface area contributed by atoms with Gasteiger partial charge in [-0.2, -0.15) is 0 Å². The van der Waals surface area contributed by atoms with E-state index >= 15 is 0 Å². The lowest BCUT2D eigenvalue weighted by atomic mass is 10.1. The molecule has 0 heterocycles. The zero-order chi connectivity index (χ0) is 13.4. The number of alkyl halides is 3. The normalized spacial score (nSPS) is 27.3. The monoisotopic (exact) mass is 332 g/mol. The second-order valence-electron chi connectivity index (χ2n) is 3.81. The number of rotatable bonds is 8. The second-order valence-corrected chi connectivity index (χ2v) is 5.59. The van der Waals surface area contributed by atoms with Gasteiger partial charge >= 0.3 is 0 Å². The first kappa shape index (κ1) is 16.6. The molecule has 18 heavy (non-hydrogen) atoms. The van der Waals surface area contributed by atoms with E-state index < -0.39 is 11.2 Å². The average Bonchev–Trinajstić information content (AvgIpc) is 2.35. The third-order valence-corrected chi connectivity index (χ3v) is 3.58. The van der Waals surface area contributed by atoms with Crippen molar-refractivity contribution >= 4 is 46.4 Å². The van der Waals surface area contributed by atoms with Crippen molar-refractivity contribution in [3.05, 3.63) is 23.3 Å². The number of allylic oxidation sites excluding steroid dienone is 2. The molecule has 0 aromatic rings.